The van der Waals surface area contributed by atoms with E-state index in [-0.39, 0.29) is 25.7 Å². The Morgan fingerprint density at radius 1 is 0.250 bits per heavy atom. The minimum absolute atomic E-state index is 0.0236. The SMILES string of the molecule is CC/C=C\C/C=C\C/C=C\C/C=C\C/C=C\C/C=C\CCC(=O)OCC(COP(=O)(O)OCC(O)COP(=O)(O)OCC(COC(=O)CC/C=C\C/C=C\C/C=C\C/C=C\C/C=C\C/C=C\CC)OC(=O)CCCCCCCCC/C=C\C/C=C\C/C=C\CC)OC(=O)CCCCCCCCC/C=C\C/C=C\C/C=C\CC. The van der Waals surface area contributed by atoms with Crippen LogP contribution in [0.1, 0.15) is 285 Å². The third-order valence-corrected chi connectivity index (χ3v) is 18.4. The second-order valence-corrected chi connectivity index (χ2v) is 29.8. The number of esters is 4. The molecule has 0 radical (unpaired) electrons. The van der Waals surface area contributed by atoms with Crippen LogP contribution in [0.25, 0.3) is 0 Å². The lowest BCUT2D eigenvalue weighted by Gasteiger charge is -2.21. The van der Waals surface area contributed by atoms with Gasteiger partial charge in [0, 0.05) is 25.7 Å². The average molecular weight is 1600 g/mol. The fourth-order valence-corrected chi connectivity index (χ4v) is 11.8. The van der Waals surface area contributed by atoms with Gasteiger partial charge >= 0.3 is 39.5 Å². The molecule has 0 aliphatic carbocycles. The highest BCUT2D eigenvalue weighted by atomic mass is 31.2. The molecule has 19 heteroatoms. The summed E-state index contributed by atoms with van der Waals surface area (Å²) in [4.78, 5) is 73.2. The first-order chi connectivity index (χ1) is 54.7. The maximum absolute atomic E-state index is 13.1. The van der Waals surface area contributed by atoms with Crippen LogP contribution in [0.3, 0.4) is 0 Å². The molecule has 0 fully saturated rings. The third-order valence-electron chi connectivity index (χ3n) is 16.5. The van der Waals surface area contributed by atoms with Crippen molar-refractivity contribution >= 4 is 39.5 Å². The topological polar surface area (TPSA) is 237 Å². The predicted octanol–water partition coefficient (Wildman–Crippen LogP) is 25.2. The standard InChI is InChI=1S/C93H146O17P2/c1-5-9-13-17-21-25-29-33-37-41-43-47-49-53-57-61-65-69-73-77-90(95)103-83-88(109-92(97)79-75-71-67-63-59-55-51-45-39-35-31-27-23-19-15-11-7-3)85-107-111(99,100)105-81-87(94)82-106-112(101,102)108-86-89(110-93(98)80-76-72-68-64-60-56-52-46-40-36-32-28-24-20-16-12-8-4)84-104-91(96)78-74-70-66-62-58-54-50-48-44-42-38-34-30-26-22-18-14-10-6-2/h9-16,21-28,33-40,43-44,47-48,53-54,57-58,65-66,69-70,87-89,94H,5-8,17-20,29-32,41-42,45-46,49-52,55-56,59-64,67-68,71-86H2,1-4H3,(H,99,100)(H,101,102)/b13-9-,14-10-,15-11-,16-12-,25-21-,26-22-,27-23-,28-24-,37-33-,38-34-,39-35-,40-36-,47-43-,48-44-,57-53-,58-54-,69-65-,70-66-. The maximum atomic E-state index is 13.1. The number of carbonyl (C=O) groups is 4. The maximum Gasteiger partial charge on any atom is 0.472 e. The molecule has 0 saturated carbocycles. The molecule has 0 rings (SSSR count). The van der Waals surface area contributed by atoms with Crippen molar-refractivity contribution < 1.29 is 80.2 Å². The van der Waals surface area contributed by atoms with Crippen molar-refractivity contribution in [1.82, 2.24) is 0 Å². The van der Waals surface area contributed by atoms with Gasteiger partial charge in [-0.1, -0.05) is 311 Å². The Morgan fingerprint density at radius 3 is 0.705 bits per heavy atom. The lowest BCUT2D eigenvalue weighted by molar-refractivity contribution is -0.161. The molecule has 0 aliphatic rings. The molecule has 4 atom stereocenters. The zero-order chi connectivity index (χ0) is 81.7. The Kier molecular flexibility index (Phi) is 77.5. The summed E-state index contributed by atoms with van der Waals surface area (Å²) in [5, 5.41) is 10.7. The first kappa shape index (κ1) is 105. The van der Waals surface area contributed by atoms with E-state index in [4.69, 9.17) is 37.0 Å². The quantitative estimate of drug-likeness (QED) is 0.0169. The highest BCUT2D eigenvalue weighted by Gasteiger charge is 2.30. The Morgan fingerprint density at radius 2 is 0.455 bits per heavy atom. The van der Waals surface area contributed by atoms with Crippen LogP contribution in [0.2, 0.25) is 0 Å². The average Bonchev–Trinajstić information content (AvgIpc) is 0.895. The minimum atomic E-state index is -5.02. The van der Waals surface area contributed by atoms with Crippen molar-refractivity contribution in [2.45, 2.75) is 303 Å². The number of rotatable bonds is 76. The second kappa shape index (κ2) is 82.4. The van der Waals surface area contributed by atoms with Crippen LogP contribution in [0.4, 0.5) is 0 Å². The molecule has 0 aromatic carbocycles. The molecule has 0 bridgehead atoms. The van der Waals surface area contributed by atoms with Crippen molar-refractivity contribution in [3.05, 3.63) is 219 Å². The number of aliphatic hydroxyl groups excluding tert-OH is 1. The minimum Gasteiger partial charge on any atom is -0.462 e. The number of hydrogen-bond donors (Lipinski definition) is 3. The molecule has 630 valence electrons. The molecular weight excluding hydrogens is 1450 g/mol. The van der Waals surface area contributed by atoms with Crippen LogP contribution in [0.5, 0.6) is 0 Å². The molecule has 4 unspecified atom stereocenters. The summed E-state index contributed by atoms with van der Waals surface area (Å²) in [6, 6.07) is 0. The Balaban J connectivity index is 5.55. The van der Waals surface area contributed by atoms with Gasteiger partial charge in [0.1, 0.15) is 19.3 Å². The highest BCUT2D eigenvalue weighted by Crippen LogP contribution is 2.45. The fraction of sp³-hybridized carbons (Fsp3) is 0.570. The summed E-state index contributed by atoms with van der Waals surface area (Å²) in [7, 11) is -10.0. The van der Waals surface area contributed by atoms with Crippen molar-refractivity contribution in [2.75, 3.05) is 39.6 Å². The monoisotopic (exact) mass is 1600 g/mol. The Labute approximate surface area is 677 Å². The molecule has 0 saturated heterocycles. The van der Waals surface area contributed by atoms with Gasteiger partial charge in [-0.3, -0.25) is 37.3 Å². The lowest BCUT2D eigenvalue weighted by Crippen LogP contribution is -2.30. The van der Waals surface area contributed by atoms with Gasteiger partial charge in [-0.15, -0.1) is 0 Å². The molecule has 112 heavy (non-hydrogen) atoms. The summed E-state index contributed by atoms with van der Waals surface area (Å²) in [5.41, 5.74) is 0. The number of unbranched alkanes of at least 4 members (excludes halogenated alkanes) is 14. The largest absolute Gasteiger partial charge is 0.472 e. The van der Waals surface area contributed by atoms with Crippen LogP contribution in [0.15, 0.2) is 219 Å². The summed E-state index contributed by atoms with van der Waals surface area (Å²) >= 11 is 0. The van der Waals surface area contributed by atoms with E-state index in [0.29, 0.717) is 38.5 Å². The van der Waals surface area contributed by atoms with Crippen LogP contribution in [-0.2, 0) is 65.4 Å². The second-order valence-electron chi connectivity index (χ2n) is 26.9. The van der Waals surface area contributed by atoms with Crippen molar-refractivity contribution in [2.24, 2.45) is 0 Å². The molecule has 0 amide bonds. The van der Waals surface area contributed by atoms with E-state index < -0.39 is 97.5 Å². The number of hydrogen-bond acceptors (Lipinski definition) is 15. The Bertz CT molecular complexity index is 2790. The number of phosphoric ester groups is 2. The van der Waals surface area contributed by atoms with Crippen LogP contribution in [0, 0.1) is 0 Å². The molecule has 17 nitrogen and oxygen atoms in total. The van der Waals surface area contributed by atoms with Gasteiger partial charge in [-0.2, -0.15) is 0 Å². The van der Waals surface area contributed by atoms with E-state index in [9.17, 15) is 43.2 Å². The zero-order valence-corrected chi connectivity index (χ0v) is 70.8. The summed E-state index contributed by atoms with van der Waals surface area (Å²) in [6.45, 7) is 4.22. The van der Waals surface area contributed by atoms with Crippen LogP contribution < -0.4 is 0 Å². The van der Waals surface area contributed by atoms with E-state index in [0.717, 1.165) is 193 Å². The number of carbonyl (C=O) groups excluding carboxylic acids is 4. The number of aliphatic hydroxyl groups is 1. The molecule has 3 N–H and O–H groups in total. The zero-order valence-electron chi connectivity index (χ0n) is 69.0. The predicted molar refractivity (Wildman–Crippen MR) is 463 cm³/mol. The first-order valence-corrected chi connectivity index (χ1v) is 45.0. The fourth-order valence-electron chi connectivity index (χ4n) is 10.2. The van der Waals surface area contributed by atoms with Gasteiger partial charge in [0.2, 0.25) is 0 Å². The van der Waals surface area contributed by atoms with Gasteiger partial charge in [0.25, 0.3) is 0 Å². The van der Waals surface area contributed by atoms with E-state index >= 15 is 0 Å². The van der Waals surface area contributed by atoms with Gasteiger partial charge in [-0.05, 0) is 167 Å². The molecular formula is C93H146O17P2. The van der Waals surface area contributed by atoms with E-state index in [1.54, 1.807) is 0 Å². The smallest absolute Gasteiger partial charge is 0.462 e. The molecule has 0 aromatic heterocycles. The van der Waals surface area contributed by atoms with Crippen molar-refractivity contribution in [3.63, 3.8) is 0 Å². The van der Waals surface area contributed by atoms with Gasteiger partial charge in [0.05, 0.1) is 26.4 Å². The normalized spacial score (nSPS) is 14.9. The van der Waals surface area contributed by atoms with Gasteiger partial charge < -0.3 is 33.8 Å². The van der Waals surface area contributed by atoms with Gasteiger partial charge in [-0.25, -0.2) is 9.13 Å². The first-order valence-electron chi connectivity index (χ1n) is 42.0. The number of allylic oxidation sites excluding steroid dienone is 36. The summed E-state index contributed by atoms with van der Waals surface area (Å²) < 4.78 is 68.6. The molecule has 0 aromatic rings. The molecule has 0 heterocycles. The van der Waals surface area contributed by atoms with E-state index in [1.165, 1.54) is 0 Å². The third kappa shape index (κ3) is 81.4. The molecule has 0 spiro atoms. The van der Waals surface area contributed by atoms with E-state index in [1.807, 2.05) is 36.5 Å². The Hall–Kier alpha value is -6.62. The summed E-state index contributed by atoms with van der Waals surface area (Å²) in [6.07, 6.45) is 105. The van der Waals surface area contributed by atoms with Crippen LogP contribution in [-0.4, -0.2) is 96.7 Å². The highest BCUT2D eigenvalue weighted by molar-refractivity contribution is 7.47. The van der Waals surface area contributed by atoms with E-state index in [2.05, 4.69) is 210 Å². The van der Waals surface area contributed by atoms with Crippen molar-refractivity contribution in [3.8, 4) is 0 Å². The lowest BCUT2D eigenvalue weighted by atomic mass is 10.1. The molecule has 0 aliphatic heterocycles. The van der Waals surface area contributed by atoms with Crippen LogP contribution >= 0.6 is 15.6 Å². The number of phosphoric acid groups is 2. The number of ether oxygens (including phenoxy) is 4. The summed E-state index contributed by atoms with van der Waals surface area (Å²) in [5.74, 6) is -2.41. The van der Waals surface area contributed by atoms with Gasteiger partial charge in [0.15, 0.2) is 12.2 Å². The van der Waals surface area contributed by atoms with Crippen molar-refractivity contribution in [1.29, 1.82) is 0 Å².